The number of ether oxygens (including phenoxy) is 1. The molecule has 5 nitrogen and oxygen atoms in total. The molecule has 1 rings (SSSR count). The van der Waals surface area contributed by atoms with Gasteiger partial charge in [0.25, 0.3) is 5.91 Å². The molecule has 0 aliphatic heterocycles. The predicted molar refractivity (Wildman–Crippen MR) is 82.2 cm³/mol. The summed E-state index contributed by atoms with van der Waals surface area (Å²) in [5.74, 6) is -1.12. The molecule has 1 atom stereocenters. The summed E-state index contributed by atoms with van der Waals surface area (Å²) >= 11 is 4.61. The second kappa shape index (κ2) is 8.89. The van der Waals surface area contributed by atoms with E-state index in [0.29, 0.717) is 22.4 Å². The number of aliphatic carboxylic acids is 1. The number of rotatable bonds is 8. The lowest BCUT2D eigenvalue weighted by Crippen LogP contribution is -2.43. The maximum absolute atomic E-state index is 12.9. The molecule has 1 aromatic rings. The highest BCUT2D eigenvalue weighted by molar-refractivity contribution is 9.10. The molecule has 0 saturated carbocycles. The van der Waals surface area contributed by atoms with Crippen LogP contribution in [0, 0.1) is 5.82 Å². The summed E-state index contributed by atoms with van der Waals surface area (Å²) in [5.41, 5.74) is 0. The number of amides is 1. The van der Waals surface area contributed by atoms with Gasteiger partial charge in [-0.15, -0.1) is 0 Å². The Morgan fingerprint density at radius 3 is 2.81 bits per heavy atom. The number of benzene rings is 1. The van der Waals surface area contributed by atoms with Crippen LogP contribution in [0.25, 0.3) is 0 Å². The number of carboxylic acids is 1. The smallest absolute Gasteiger partial charge is 0.326 e. The Hall–Kier alpha value is -1.28. The number of hydrogen-bond acceptors (Lipinski definition) is 4. The SMILES string of the molecule is CSCC[C@@H](NC(=O)COc1ccc(F)cc1Br)C(=O)O. The lowest BCUT2D eigenvalue weighted by Gasteiger charge is -2.14. The minimum absolute atomic E-state index is 0.308. The molecule has 2 N–H and O–H groups in total. The number of hydrogen-bond donors (Lipinski definition) is 2. The summed E-state index contributed by atoms with van der Waals surface area (Å²) in [5, 5.41) is 11.4. The van der Waals surface area contributed by atoms with Crippen molar-refractivity contribution in [3.8, 4) is 5.75 Å². The van der Waals surface area contributed by atoms with E-state index in [9.17, 15) is 14.0 Å². The number of carbonyl (C=O) groups is 2. The lowest BCUT2D eigenvalue weighted by atomic mass is 10.2. The molecule has 0 bridgehead atoms. The zero-order valence-corrected chi connectivity index (χ0v) is 13.7. The molecule has 0 unspecified atom stereocenters. The van der Waals surface area contributed by atoms with Crippen LogP contribution in [0.4, 0.5) is 4.39 Å². The highest BCUT2D eigenvalue weighted by Gasteiger charge is 2.19. The Bertz CT molecular complexity index is 515. The third kappa shape index (κ3) is 6.34. The summed E-state index contributed by atoms with van der Waals surface area (Å²) < 4.78 is 18.5. The monoisotopic (exact) mass is 379 g/mol. The minimum Gasteiger partial charge on any atom is -0.483 e. The Morgan fingerprint density at radius 1 is 1.52 bits per heavy atom. The van der Waals surface area contributed by atoms with Crippen LogP contribution < -0.4 is 10.1 Å². The van der Waals surface area contributed by atoms with Crippen molar-refractivity contribution in [2.24, 2.45) is 0 Å². The maximum atomic E-state index is 12.9. The highest BCUT2D eigenvalue weighted by atomic mass is 79.9. The molecule has 0 aliphatic rings. The topological polar surface area (TPSA) is 75.6 Å². The van der Waals surface area contributed by atoms with Gasteiger partial charge in [-0.3, -0.25) is 4.79 Å². The second-order valence-corrected chi connectivity index (χ2v) is 5.94. The second-order valence-electron chi connectivity index (χ2n) is 4.10. The molecular weight excluding hydrogens is 365 g/mol. The Labute approximate surface area is 134 Å². The van der Waals surface area contributed by atoms with Crippen LogP contribution in [0.1, 0.15) is 6.42 Å². The van der Waals surface area contributed by atoms with Gasteiger partial charge in [-0.2, -0.15) is 11.8 Å². The van der Waals surface area contributed by atoms with Gasteiger partial charge in [0.05, 0.1) is 4.47 Å². The van der Waals surface area contributed by atoms with Crippen LogP contribution in [0.2, 0.25) is 0 Å². The van der Waals surface area contributed by atoms with E-state index >= 15 is 0 Å². The van der Waals surface area contributed by atoms with E-state index in [-0.39, 0.29) is 6.61 Å². The fraction of sp³-hybridized carbons (Fsp3) is 0.385. The number of carbonyl (C=O) groups excluding carboxylic acids is 1. The first-order chi connectivity index (χ1) is 9.93. The van der Waals surface area contributed by atoms with E-state index in [4.69, 9.17) is 9.84 Å². The first-order valence-corrected chi connectivity index (χ1v) is 8.21. The van der Waals surface area contributed by atoms with Crippen molar-refractivity contribution < 1.29 is 23.8 Å². The Kier molecular flexibility index (Phi) is 7.52. The van der Waals surface area contributed by atoms with Crippen LogP contribution >= 0.6 is 27.7 Å². The van der Waals surface area contributed by atoms with E-state index in [0.717, 1.165) is 0 Å². The minimum atomic E-state index is -1.08. The molecular formula is C13H15BrFNO4S. The maximum Gasteiger partial charge on any atom is 0.326 e. The molecule has 0 spiro atoms. The van der Waals surface area contributed by atoms with Gasteiger partial charge in [-0.05, 0) is 52.6 Å². The van der Waals surface area contributed by atoms with Gasteiger partial charge in [0.2, 0.25) is 0 Å². The van der Waals surface area contributed by atoms with Gasteiger partial charge in [0.1, 0.15) is 17.6 Å². The summed E-state index contributed by atoms with van der Waals surface area (Å²) in [7, 11) is 0. The summed E-state index contributed by atoms with van der Waals surface area (Å²) in [6.45, 7) is -0.340. The molecule has 1 aromatic carbocycles. The molecule has 21 heavy (non-hydrogen) atoms. The molecule has 0 heterocycles. The van der Waals surface area contributed by atoms with Crippen LogP contribution in [0.5, 0.6) is 5.75 Å². The predicted octanol–water partition coefficient (Wildman–Crippen LogP) is 2.29. The third-order valence-electron chi connectivity index (χ3n) is 2.50. The Balaban J connectivity index is 2.50. The van der Waals surface area contributed by atoms with E-state index in [1.165, 1.54) is 30.0 Å². The first-order valence-electron chi connectivity index (χ1n) is 6.03. The van der Waals surface area contributed by atoms with Gasteiger partial charge in [0, 0.05) is 0 Å². The van der Waals surface area contributed by atoms with Crippen LogP contribution in [-0.4, -0.2) is 41.6 Å². The normalized spacial score (nSPS) is 11.8. The van der Waals surface area contributed by atoms with Crippen LogP contribution in [0.15, 0.2) is 22.7 Å². The number of nitrogens with one attached hydrogen (secondary N) is 1. The zero-order chi connectivity index (χ0) is 15.8. The first kappa shape index (κ1) is 17.8. The van der Waals surface area contributed by atoms with Gasteiger partial charge in [-0.25, -0.2) is 9.18 Å². The molecule has 0 aromatic heterocycles. The van der Waals surface area contributed by atoms with Gasteiger partial charge in [0.15, 0.2) is 6.61 Å². The average molecular weight is 380 g/mol. The van der Waals surface area contributed by atoms with E-state index < -0.39 is 23.7 Å². The highest BCUT2D eigenvalue weighted by Crippen LogP contribution is 2.25. The van der Waals surface area contributed by atoms with E-state index in [1.807, 2.05) is 6.26 Å². The molecule has 0 aliphatic carbocycles. The van der Waals surface area contributed by atoms with E-state index in [2.05, 4.69) is 21.2 Å². The Morgan fingerprint density at radius 2 is 2.24 bits per heavy atom. The molecule has 1 amide bonds. The van der Waals surface area contributed by atoms with Gasteiger partial charge >= 0.3 is 5.97 Å². The summed E-state index contributed by atoms with van der Waals surface area (Å²) in [6, 6.07) is 2.86. The number of halogens is 2. The number of thioether (sulfide) groups is 1. The van der Waals surface area contributed by atoms with Gasteiger partial charge < -0.3 is 15.2 Å². The fourth-order valence-electron chi connectivity index (χ4n) is 1.46. The molecule has 0 radical (unpaired) electrons. The third-order valence-corrected chi connectivity index (χ3v) is 3.76. The zero-order valence-electron chi connectivity index (χ0n) is 11.3. The number of carboxylic acid groups (broad SMARTS) is 1. The van der Waals surface area contributed by atoms with Crippen molar-refractivity contribution in [2.45, 2.75) is 12.5 Å². The van der Waals surface area contributed by atoms with Crippen molar-refractivity contribution in [1.82, 2.24) is 5.32 Å². The lowest BCUT2D eigenvalue weighted by molar-refractivity contribution is -0.142. The van der Waals surface area contributed by atoms with Crippen molar-refractivity contribution in [3.05, 3.63) is 28.5 Å². The van der Waals surface area contributed by atoms with Crippen LogP contribution in [-0.2, 0) is 9.59 Å². The largest absolute Gasteiger partial charge is 0.483 e. The standard InChI is InChI=1S/C13H15BrFNO4S/c1-21-5-4-10(13(18)19)16-12(17)7-20-11-3-2-8(15)6-9(11)14/h2-3,6,10H,4-5,7H2,1H3,(H,16,17)(H,18,19)/t10-/m1/s1. The molecule has 0 fully saturated rings. The van der Waals surface area contributed by atoms with Crippen molar-refractivity contribution >= 4 is 39.6 Å². The molecule has 116 valence electrons. The summed E-state index contributed by atoms with van der Waals surface area (Å²) in [4.78, 5) is 22.7. The average Bonchev–Trinajstić information content (AvgIpc) is 2.42. The van der Waals surface area contributed by atoms with E-state index in [1.54, 1.807) is 0 Å². The van der Waals surface area contributed by atoms with Crippen molar-refractivity contribution in [3.63, 3.8) is 0 Å². The summed E-state index contributed by atoms with van der Waals surface area (Å²) in [6.07, 6.45) is 2.19. The van der Waals surface area contributed by atoms with Crippen molar-refractivity contribution in [2.75, 3.05) is 18.6 Å². The van der Waals surface area contributed by atoms with Crippen LogP contribution in [0.3, 0.4) is 0 Å². The quantitative estimate of drug-likeness (QED) is 0.724. The van der Waals surface area contributed by atoms with Crippen molar-refractivity contribution in [1.29, 1.82) is 0 Å². The van der Waals surface area contributed by atoms with Gasteiger partial charge in [-0.1, -0.05) is 0 Å². The fourth-order valence-corrected chi connectivity index (χ4v) is 2.40. The molecule has 8 heteroatoms. The molecule has 0 saturated heterocycles.